The van der Waals surface area contributed by atoms with Crippen LogP contribution in [0, 0.1) is 0 Å². The molecule has 0 saturated carbocycles. The summed E-state index contributed by atoms with van der Waals surface area (Å²) in [5.41, 5.74) is 8.51. The molecule has 6 heteroatoms. The first-order chi connectivity index (χ1) is 9.70. The Kier molecular flexibility index (Phi) is 5.34. The van der Waals surface area contributed by atoms with Gasteiger partial charge in [-0.05, 0) is 31.5 Å². The molecular weight excluding hydrogens is 256 g/mol. The van der Waals surface area contributed by atoms with Crippen LogP contribution >= 0.6 is 0 Å². The lowest BCUT2D eigenvalue weighted by Gasteiger charge is -2.30. The molecule has 1 aliphatic rings. The van der Waals surface area contributed by atoms with Gasteiger partial charge in [0.05, 0.1) is 5.56 Å². The first-order valence-electron chi connectivity index (χ1n) is 6.91. The average molecular weight is 278 g/mol. The van der Waals surface area contributed by atoms with E-state index in [0.717, 1.165) is 32.5 Å². The number of hydrogen-bond donors (Lipinski definition) is 3. The van der Waals surface area contributed by atoms with E-state index in [0.29, 0.717) is 17.9 Å². The third kappa shape index (κ3) is 3.93. The second-order valence-electron chi connectivity index (χ2n) is 5.02. The number of hydrazine groups is 1. The largest absolute Gasteiger partial charge is 0.491 e. The van der Waals surface area contributed by atoms with Crippen LogP contribution < -0.4 is 21.7 Å². The summed E-state index contributed by atoms with van der Waals surface area (Å²) in [5, 5.41) is 0. The number of carbonyl (C=O) groups excluding carboxylic acids is 1. The van der Waals surface area contributed by atoms with E-state index < -0.39 is 0 Å². The van der Waals surface area contributed by atoms with Gasteiger partial charge >= 0.3 is 0 Å². The van der Waals surface area contributed by atoms with Crippen molar-refractivity contribution in [2.45, 2.75) is 18.9 Å². The molecule has 1 aliphatic heterocycles. The topological polar surface area (TPSA) is 93.6 Å². The molecule has 2 rings (SSSR count). The summed E-state index contributed by atoms with van der Waals surface area (Å²) in [7, 11) is 0. The minimum atomic E-state index is -0.347. The Balaban J connectivity index is 1.86. The van der Waals surface area contributed by atoms with Gasteiger partial charge in [0, 0.05) is 19.1 Å². The van der Waals surface area contributed by atoms with E-state index in [1.807, 2.05) is 6.07 Å². The van der Waals surface area contributed by atoms with Gasteiger partial charge in [-0.25, -0.2) is 5.84 Å². The number of likely N-dealkylation sites (tertiary alicyclic amines) is 1. The van der Waals surface area contributed by atoms with Crippen LogP contribution in [-0.4, -0.2) is 43.1 Å². The summed E-state index contributed by atoms with van der Waals surface area (Å²) >= 11 is 0. The minimum absolute atomic E-state index is 0.263. The maximum Gasteiger partial charge on any atom is 0.268 e. The van der Waals surface area contributed by atoms with Crippen molar-refractivity contribution < 1.29 is 9.53 Å². The van der Waals surface area contributed by atoms with Gasteiger partial charge in [-0.15, -0.1) is 0 Å². The highest BCUT2D eigenvalue weighted by Gasteiger charge is 2.16. The lowest BCUT2D eigenvalue weighted by atomic mass is 10.1. The minimum Gasteiger partial charge on any atom is -0.491 e. The summed E-state index contributed by atoms with van der Waals surface area (Å²) in [5.74, 6) is 5.36. The Morgan fingerprint density at radius 3 is 3.00 bits per heavy atom. The molecule has 1 fully saturated rings. The fourth-order valence-electron chi connectivity index (χ4n) is 2.44. The number of amides is 1. The second-order valence-corrected chi connectivity index (χ2v) is 5.02. The molecule has 1 saturated heterocycles. The van der Waals surface area contributed by atoms with E-state index in [4.69, 9.17) is 16.3 Å². The molecule has 0 aliphatic carbocycles. The molecular formula is C14H22N4O2. The van der Waals surface area contributed by atoms with Crippen molar-refractivity contribution in [1.82, 2.24) is 10.3 Å². The van der Waals surface area contributed by atoms with Gasteiger partial charge in [-0.3, -0.25) is 15.1 Å². The molecule has 1 heterocycles. The monoisotopic (exact) mass is 278 g/mol. The van der Waals surface area contributed by atoms with Crippen LogP contribution in [0.4, 0.5) is 0 Å². The highest BCUT2D eigenvalue weighted by atomic mass is 16.5. The molecule has 20 heavy (non-hydrogen) atoms. The summed E-state index contributed by atoms with van der Waals surface area (Å²) in [6, 6.07) is 7.33. The van der Waals surface area contributed by atoms with Crippen LogP contribution in [0.15, 0.2) is 24.3 Å². The Hall–Kier alpha value is -1.63. The lowest BCUT2D eigenvalue weighted by molar-refractivity contribution is 0.0948. The molecule has 1 atom stereocenters. The second kappa shape index (κ2) is 7.23. The van der Waals surface area contributed by atoms with Gasteiger partial charge in [0.15, 0.2) is 0 Å². The number of nitrogens with one attached hydrogen (secondary N) is 1. The lowest BCUT2D eigenvalue weighted by Crippen LogP contribution is -2.44. The predicted molar refractivity (Wildman–Crippen MR) is 77.2 cm³/mol. The zero-order valence-corrected chi connectivity index (χ0v) is 11.5. The number of rotatable bonds is 5. The molecule has 5 N–H and O–H groups in total. The summed E-state index contributed by atoms with van der Waals surface area (Å²) < 4.78 is 5.70. The van der Waals surface area contributed by atoms with E-state index in [-0.39, 0.29) is 11.9 Å². The van der Waals surface area contributed by atoms with Crippen LogP contribution in [0.2, 0.25) is 0 Å². The van der Waals surface area contributed by atoms with E-state index in [2.05, 4.69) is 10.3 Å². The molecule has 0 radical (unpaired) electrons. The zero-order valence-electron chi connectivity index (χ0n) is 11.5. The Bertz CT molecular complexity index is 453. The molecule has 0 spiro atoms. The quantitative estimate of drug-likeness (QED) is 0.403. The third-order valence-electron chi connectivity index (χ3n) is 3.47. The SMILES string of the molecule is NNC(=O)c1ccccc1OCCN1CCCC(N)C1. The molecule has 1 aromatic carbocycles. The molecule has 1 unspecified atom stereocenters. The molecule has 6 nitrogen and oxygen atoms in total. The maximum atomic E-state index is 11.6. The van der Waals surface area contributed by atoms with Crippen molar-refractivity contribution in [2.24, 2.45) is 11.6 Å². The van der Waals surface area contributed by atoms with Gasteiger partial charge in [0.2, 0.25) is 0 Å². The van der Waals surface area contributed by atoms with Crippen molar-refractivity contribution >= 4 is 5.91 Å². The van der Waals surface area contributed by atoms with Crippen molar-refractivity contribution in [3.8, 4) is 5.75 Å². The molecule has 0 aromatic heterocycles. The van der Waals surface area contributed by atoms with Crippen LogP contribution in [0.3, 0.4) is 0 Å². The van der Waals surface area contributed by atoms with Crippen LogP contribution in [0.5, 0.6) is 5.75 Å². The van der Waals surface area contributed by atoms with Crippen molar-refractivity contribution in [3.05, 3.63) is 29.8 Å². The van der Waals surface area contributed by atoms with E-state index in [1.165, 1.54) is 0 Å². The van der Waals surface area contributed by atoms with E-state index in [9.17, 15) is 4.79 Å². The van der Waals surface area contributed by atoms with E-state index >= 15 is 0 Å². The molecule has 1 amide bonds. The number of para-hydroxylation sites is 1. The van der Waals surface area contributed by atoms with Crippen LogP contribution in [0.25, 0.3) is 0 Å². The number of carbonyl (C=O) groups is 1. The van der Waals surface area contributed by atoms with Crippen LogP contribution in [0.1, 0.15) is 23.2 Å². The zero-order chi connectivity index (χ0) is 14.4. The normalized spacial score (nSPS) is 19.6. The number of nitrogen functional groups attached to an aromatic ring is 1. The summed E-state index contributed by atoms with van der Waals surface area (Å²) in [6.07, 6.45) is 2.23. The Labute approximate surface area is 119 Å². The summed E-state index contributed by atoms with van der Waals surface area (Å²) in [6.45, 7) is 3.31. The number of nitrogens with zero attached hydrogens (tertiary/aromatic N) is 1. The van der Waals surface area contributed by atoms with E-state index in [1.54, 1.807) is 18.2 Å². The highest BCUT2D eigenvalue weighted by Crippen LogP contribution is 2.17. The average Bonchev–Trinajstić information content (AvgIpc) is 2.47. The molecule has 1 aromatic rings. The van der Waals surface area contributed by atoms with Gasteiger partial charge < -0.3 is 10.5 Å². The number of benzene rings is 1. The number of piperidine rings is 1. The van der Waals surface area contributed by atoms with Crippen molar-refractivity contribution in [2.75, 3.05) is 26.2 Å². The van der Waals surface area contributed by atoms with Crippen molar-refractivity contribution in [3.63, 3.8) is 0 Å². The Morgan fingerprint density at radius 1 is 1.45 bits per heavy atom. The summed E-state index contributed by atoms with van der Waals surface area (Å²) in [4.78, 5) is 13.9. The van der Waals surface area contributed by atoms with Gasteiger partial charge in [-0.1, -0.05) is 12.1 Å². The standard InChI is InChI=1S/C14H22N4O2/c15-11-4-3-7-18(10-11)8-9-20-13-6-2-1-5-12(13)14(19)17-16/h1-2,5-6,11H,3-4,7-10,15-16H2,(H,17,19). The van der Waals surface area contributed by atoms with Crippen LogP contribution in [-0.2, 0) is 0 Å². The van der Waals surface area contributed by atoms with Gasteiger partial charge in [0.1, 0.15) is 12.4 Å². The number of ether oxygens (including phenoxy) is 1. The van der Waals surface area contributed by atoms with Gasteiger partial charge in [-0.2, -0.15) is 0 Å². The first-order valence-corrected chi connectivity index (χ1v) is 6.91. The molecule has 110 valence electrons. The molecule has 0 bridgehead atoms. The smallest absolute Gasteiger partial charge is 0.268 e. The highest BCUT2D eigenvalue weighted by molar-refractivity contribution is 5.96. The number of nitrogens with two attached hydrogens (primary N) is 2. The fraction of sp³-hybridized carbons (Fsp3) is 0.500. The van der Waals surface area contributed by atoms with Gasteiger partial charge in [0.25, 0.3) is 5.91 Å². The predicted octanol–water partition coefficient (Wildman–Crippen LogP) is 0.0920. The van der Waals surface area contributed by atoms with Crippen molar-refractivity contribution in [1.29, 1.82) is 0 Å². The first kappa shape index (κ1) is 14.8. The third-order valence-corrected chi connectivity index (χ3v) is 3.47. The number of hydrogen-bond acceptors (Lipinski definition) is 5. The maximum absolute atomic E-state index is 11.6. The Morgan fingerprint density at radius 2 is 2.25 bits per heavy atom. The fourth-order valence-corrected chi connectivity index (χ4v) is 2.44.